The standard InChI is InChI=1S/C10H13NO3S/c1-10(2,9(13)14)11-8(12)6-7-4-3-5-15-7/h3-5H,6H2,1-2H3,(H,11,12)(H,13,14). The summed E-state index contributed by atoms with van der Waals surface area (Å²) in [5, 5.41) is 13.1. The van der Waals surface area contributed by atoms with Gasteiger partial charge in [-0.2, -0.15) is 0 Å². The van der Waals surface area contributed by atoms with Gasteiger partial charge in [0.05, 0.1) is 6.42 Å². The van der Waals surface area contributed by atoms with Gasteiger partial charge in [0.2, 0.25) is 5.91 Å². The molecule has 1 aromatic heterocycles. The van der Waals surface area contributed by atoms with E-state index in [1.165, 1.54) is 25.2 Å². The van der Waals surface area contributed by atoms with Crippen molar-refractivity contribution in [2.75, 3.05) is 0 Å². The van der Waals surface area contributed by atoms with E-state index < -0.39 is 11.5 Å². The highest BCUT2D eigenvalue weighted by molar-refractivity contribution is 7.10. The summed E-state index contributed by atoms with van der Waals surface area (Å²) in [5.74, 6) is -1.31. The number of carbonyl (C=O) groups excluding carboxylic acids is 1. The average Bonchev–Trinajstić information content (AvgIpc) is 2.54. The summed E-state index contributed by atoms with van der Waals surface area (Å²) in [6, 6.07) is 3.70. The van der Waals surface area contributed by atoms with Crippen LogP contribution in [0.4, 0.5) is 0 Å². The number of carbonyl (C=O) groups is 2. The molecule has 0 saturated carbocycles. The third kappa shape index (κ3) is 3.36. The van der Waals surface area contributed by atoms with Gasteiger partial charge >= 0.3 is 5.97 Å². The lowest BCUT2D eigenvalue weighted by Crippen LogP contribution is -2.50. The second-order valence-electron chi connectivity index (χ2n) is 3.73. The molecule has 1 heterocycles. The molecule has 15 heavy (non-hydrogen) atoms. The minimum atomic E-state index is -1.21. The van der Waals surface area contributed by atoms with Crippen molar-refractivity contribution < 1.29 is 14.7 Å². The smallest absolute Gasteiger partial charge is 0.328 e. The van der Waals surface area contributed by atoms with Crippen molar-refractivity contribution in [3.63, 3.8) is 0 Å². The fraction of sp³-hybridized carbons (Fsp3) is 0.400. The Bertz CT molecular complexity index is 357. The fourth-order valence-electron chi connectivity index (χ4n) is 1.02. The Kier molecular flexibility index (Phi) is 3.47. The number of amides is 1. The number of nitrogens with one attached hydrogen (secondary N) is 1. The summed E-state index contributed by atoms with van der Waals surface area (Å²) in [4.78, 5) is 23.1. The molecule has 0 atom stereocenters. The molecule has 0 saturated heterocycles. The van der Waals surface area contributed by atoms with Gasteiger partial charge < -0.3 is 10.4 Å². The predicted octanol–water partition coefficient (Wildman–Crippen LogP) is 1.27. The van der Waals surface area contributed by atoms with E-state index >= 15 is 0 Å². The molecule has 5 heteroatoms. The molecule has 0 aliphatic rings. The molecule has 0 fully saturated rings. The van der Waals surface area contributed by atoms with Crippen molar-refractivity contribution in [1.82, 2.24) is 5.32 Å². The molecule has 1 rings (SSSR count). The summed E-state index contributed by atoms with van der Waals surface area (Å²) in [6.45, 7) is 2.92. The summed E-state index contributed by atoms with van der Waals surface area (Å²) >= 11 is 1.48. The number of aliphatic carboxylic acids is 1. The molecule has 4 nitrogen and oxygen atoms in total. The summed E-state index contributed by atoms with van der Waals surface area (Å²) in [6.07, 6.45) is 0.231. The first-order valence-electron chi connectivity index (χ1n) is 4.48. The molecule has 0 spiro atoms. The topological polar surface area (TPSA) is 66.4 Å². The number of thiophene rings is 1. The van der Waals surface area contributed by atoms with E-state index in [1.807, 2.05) is 17.5 Å². The maximum Gasteiger partial charge on any atom is 0.328 e. The molecule has 0 radical (unpaired) electrons. The molecule has 82 valence electrons. The van der Waals surface area contributed by atoms with Crippen LogP contribution >= 0.6 is 11.3 Å². The quantitative estimate of drug-likeness (QED) is 0.814. The van der Waals surface area contributed by atoms with Crippen LogP contribution < -0.4 is 5.32 Å². The van der Waals surface area contributed by atoms with Crippen molar-refractivity contribution in [3.8, 4) is 0 Å². The maximum absolute atomic E-state index is 11.5. The Morgan fingerprint density at radius 2 is 2.20 bits per heavy atom. The van der Waals surface area contributed by atoms with Crippen LogP contribution in [-0.4, -0.2) is 22.5 Å². The molecule has 2 N–H and O–H groups in total. The number of carboxylic acid groups (broad SMARTS) is 1. The van der Waals surface area contributed by atoms with Gasteiger partial charge in [-0.3, -0.25) is 4.79 Å². The van der Waals surface area contributed by atoms with Crippen LogP contribution in [0.2, 0.25) is 0 Å². The van der Waals surface area contributed by atoms with Crippen LogP contribution in [0.1, 0.15) is 18.7 Å². The van der Waals surface area contributed by atoms with Gasteiger partial charge in [0.25, 0.3) is 0 Å². The second kappa shape index (κ2) is 4.44. The van der Waals surface area contributed by atoms with E-state index in [2.05, 4.69) is 5.32 Å². The second-order valence-corrected chi connectivity index (χ2v) is 4.77. The Labute approximate surface area is 91.9 Å². The molecule has 0 aliphatic heterocycles. The van der Waals surface area contributed by atoms with Gasteiger partial charge in [0.1, 0.15) is 5.54 Å². The molecular weight excluding hydrogens is 214 g/mol. The summed E-state index contributed by atoms with van der Waals surface area (Å²) in [7, 11) is 0. The Morgan fingerprint density at radius 3 is 2.67 bits per heavy atom. The Balaban J connectivity index is 2.53. The van der Waals surface area contributed by atoms with Crippen molar-refractivity contribution in [1.29, 1.82) is 0 Å². The third-order valence-electron chi connectivity index (χ3n) is 1.90. The van der Waals surface area contributed by atoms with Crippen LogP contribution in [0.3, 0.4) is 0 Å². The van der Waals surface area contributed by atoms with Gasteiger partial charge in [0, 0.05) is 4.88 Å². The number of hydrogen-bond donors (Lipinski definition) is 2. The van der Waals surface area contributed by atoms with E-state index in [0.29, 0.717) is 0 Å². The first-order valence-corrected chi connectivity index (χ1v) is 5.36. The molecule has 0 aromatic carbocycles. The highest BCUT2D eigenvalue weighted by Crippen LogP contribution is 2.10. The molecular formula is C10H13NO3S. The largest absolute Gasteiger partial charge is 0.480 e. The zero-order valence-corrected chi connectivity index (χ0v) is 9.43. The van der Waals surface area contributed by atoms with Crippen molar-refractivity contribution >= 4 is 23.2 Å². The van der Waals surface area contributed by atoms with Gasteiger partial charge in [-0.05, 0) is 25.3 Å². The first-order chi connectivity index (χ1) is 6.92. The van der Waals surface area contributed by atoms with Crippen LogP contribution in [-0.2, 0) is 16.0 Å². The lowest BCUT2D eigenvalue weighted by atomic mass is 10.1. The van der Waals surface area contributed by atoms with Gasteiger partial charge in [0.15, 0.2) is 0 Å². The van der Waals surface area contributed by atoms with E-state index in [4.69, 9.17) is 5.11 Å². The minimum Gasteiger partial charge on any atom is -0.480 e. The molecule has 1 amide bonds. The number of rotatable bonds is 4. The van der Waals surface area contributed by atoms with Crippen molar-refractivity contribution in [2.45, 2.75) is 25.8 Å². The Hall–Kier alpha value is -1.36. The lowest BCUT2D eigenvalue weighted by molar-refractivity contribution is -0.145. The third-order valence-corrected chi connectivity index (χ3v) is 2.78. The van der Waals surface area contributed by atoms with Crippen LogP contribution in [0.15, 0.2) is 17.5 Å². The van der Waals surface area contributed by atoms with E-state index in [-0.39, 0.29) is 12.3 Å². The highest BCUT2D eigenvalue weighted by Gasteiger charge is 2.28. The summed E-state index contributed by atoms with van der Waals surface area (Å²) in [5.41, 5.74) is -1.21. The Morgan fingerprint density at radius 1 is 1.53 bits per heavy atom. The summed E-state index contributed by atoms with van der Waals surface area (Å²) < 4.78 is 0. The number of carboxylic acids is 1. The number of hydrogen-bond acceptors (Lipinski definition) is 3. The van der Waals surface area contributed by atoms with Crippen LogP contribution in [0.5, 0.6) is 0 Å². The van der Waals surface area contributed by atoms with E-state index in [0.717, 1.165) is 4.88 Å². The molecule has 0 bridgehead atoms. The predicted molar refractivity (Wildman–Crippen MR) is 57.9 cm³/mol. The monoisotopic (exact) mass is 227 g/mol. The van der Waals surface area contributed by atoms with Crippen molar-refractivity contribution in [3.05, 3.63) is 22.4 Å². The zero-order valence-electron chi connectivity index (χ0n) is 8.61. The SMILES string of the molecule is CC(C)(NC(=O)Cc1cccs1)C(=O)O. The minimum absolute atomic E-state index is 0.231. The first kappa shape index (κ1) is 11.7. The van der Waals surface area contributed by atoms with Gasteiger partial charge in [-0.1, -0.05) is 6.07 Å². The molecule has 0 aliphatic carbocycles. The van der Waals surface area contributed by atoms with E-state index in [9.17, 15) is 9.59 Å². The van der Waals surface area contributed by atoms with Gasteiger partial charge in [-0.25, -0.2) is 4.79 Å². The highest BCUT2D eigenvalue weighted by atomic mass is 32.1. The average molecular weight is 227 g/mol. The lowest BCUT2D eigenvalue weighted by Gasteiger charge is -2.20. The zero-order chi connectivity index (χ0) is 11.5. The van der Waals surface area contributed by atoms with Crippen molar-refractivity contribution in [2.24, 2.45) is 0 Å². The van der Waals surface area contributed by atoms with Crippen LogP contribution in [0.25, 0.3) is 0 Å². The van der Waals surface area contributed by atoms with Crippen LogP contribution in [0, 0.1) is 0 Å². The normalized spacial score (nSPS) is 11.1. The molecule has 1 aromatic rings. The fourth-order valence-corrected chi connectivity index (χ4v) is 1.72. The molecule has 0 unspecified atom stereocenters. The van der Waals surface area contributed by atoms with E-state index in [1.54, 1.807) is 0 Å². The van der Waals surface area contributed by atoms with Gasteiger partial charge in [-0.15, -0.1) is 11.3 Å². The maximum atomic E-state index is 11.5.